The van der Waals surface area contributed by atoms with E-state index in [1.165, 1.54) is 16.7 Å². The number of hydrogen-bond donors (Lipinski definition) is 1. The molecule has 1 atom stereocenters. The zero-order valence-electron chi connectivity index (χ0n) is 9.94. The zero-order valence-corrected chi connectivity index (χ0v) is 11.5. The van der Waals surface area contributed by atoms with Gasteiger partial charge in [-0.2, -0.15) is 0 Å². The molecule has 0 amide bonds. The third-order valence-electron chi connectivity index (χ3n) is 2.72. The van der Waals surface area contributed by atoms with Crippen molar-refractivity contribution in [3.8, 4) is 0 Å². The Morgan fingerprint density at radius 2 is 1.82 bits per heavy atom. The Morgan fingerprint density at radius 1 is 1.12 bits per heavy atom. The Bertz CT molecular complexity index is 494. The normalized spacial score (nSPS) is 12.4. The average Bonchev–Trinajstić information content (AvgIpc) is 2.33. The van der Waals surface area contributed by atoms with E-state index in [9.17, 15) is 0 Å². The van der Waals surface area contributed by atoms with Crippen LogP contribution in [-0.2, 0) is 0 Å². The number of nitrogens with zero attached hydrogens (tertiary/aromatic N) is 1. The number of rotatable bonds is 3. The van der Waals surface area contributed by atoms with Crippen molar-refractivity contribution in [1.29, 1.82) is 0 Å². The molecule has 1 N–H and O–H groups in total. The van der Waals surface area contributed by atoms with Gasteiger partial charge in [-0.05, 0) is 42.8 Å². The molecule has 1 aromatic carbocycles. The van der Waals surface area contributed by atoms with Gasteiger partial charge in [-0.3, -0.25) is 4.98 Å². The van der Waals surface area contributed by atoms with Gasteiger partial charge >= 0.3 is 0 Å². The maximum Gasteiger partial charge on any atom is 0.0589 e. The minimum absolute atomic E-state index is 0.190. The van der Waals surface area contributed by atoms with E-state index in [1.807, 2.05) is 19.4 Å². The topological polar surface area (TPSA) is 24.9 Å². The Labute approximate surface area is 110 Å². The second-order valence-electron chi connectivity index (χ2n) is 4.07. The lowest BCUT2D eigenvalue weighted by Gasteiger charge is -2.17. The molecule has 1 unspecified atom stereocenters. The summed E-state index contributed by atoms with van der Waals surface area (Å²) in [6.07, 6.45) is 3.79. The molecule has 0 saturated carbocycles. The van der Waals surface area contributed by atoms with Crippen molar-refractivity contribution in [2.45, 2.75) is 13.0 Å². The quantitative estimate of drug-likeness (QED) is 0.936. The molecule has 0 fully saturated rings. The van der Waals surface area contributed by atoms with Crippen molar-refractivity contribution in [2.75, 3.05) is 7.05 Å². The molecule has 0 saturated heterocycles. The van der Waals surface area contributed by atoms with Crippen LogP contribution >= 0.6 is 15.9 Å². The fourth-order valence-corrected chi connectivity index (χ4v) is 2.18. The van der Waals surface area contributed by atoms with Gasteiger partial charge in [-0.25, -0.2) is 0 Å². The summed E-state index contributed by atoms with van der Waals surface area (Å²) in [5.74, 6) is 0. The SMILES string of the molecule is CNC(c1ccc(Br)cc1)c1cncc(C)c1. The van der Waals surface area contributed by atoms with Gasteiger partial charge in [-0.15, -0.1) is 0 Å². The molecule has 1 heterocycles. The van der Waals surface area contributed by atoms with Crippen LogP contribution in [0.1, 0.15) is 22.7 Å². The smallest absolute Gasteiger partial charge is 0.0589 e. The van der Waals surface area contributed by atoms with Crippen LogP contribution in [0.5, 0.6) is 0 Å². The number of aromatic nitrogens is 1. The number of benzene rings is 1. The van der Waals surface area contributed by atoms with Crippen LogP contribution in [0.3, 0.4) is 0 Å². The van der Waals surface area contributed by atoms with Gasteiger partial charge in [0.1, 0.15) is 0 Å². The van der Waals surface area contributed by atoms with Crippen molar-refractivity contribution < 1.29 is 0 Å². The maximum atomic E-state index is 4.25. The van der Waals surface area contributed by atoms with Crippen molar-refractivity contribution in [3.63, 3.8) is 0 Å². The predicted molar refractivity (Wildman–Crippen MR) is 74.0 cm³/mol. The van der Waals surface area contributed by atoms with Gasteiger partial charge in [-0.1, -0.05) is 34.1 Å². The summed E-state index contributed by atoms with van der Waals surface area (Å²) in [4.78, 5) is 4.25. The number of aryl methyl sites for hydroxylation is 1. The van der Waals surface area contributed by atoms with Gasteiger partial charge in [0, 0.05) is 16.9 Å². The van der Waals surface area contributed by atoms with Crippen molar-refractivity contribution >= 4 is 15.9 Å². The van der Waals surface area contributed by atoms with Gasteiger partial charge < -0.3 is 5.32 Å². The highest BCUT2D eigenvalue weighted by atomic mass is 79.9. The molecule has 0 aliphatic carbocycles. The number of hydrogen-bond acceptors (Lipinski definition) is 2. The third kappa shape index (κ3) is 2.93. The van der Waals surface area contributed by atoms with E-state index < -0.39 is 0 Å². The highest BCUT2D eigenvalue weighted by molar-refractivity contribution is 9.10. The van der Waals surface area contributed by atoms with Crippen molar-refractivity contribution in [3.05, 3.63) is 63.9 Å². The monoisotopic (exact) mass is 290 g/mol. The largest absolute Gasteiger partial charge is 0.309 e. The Hall–Kier alpha value is -1.19. The summed E-state index contributed by atoms with van der Waals surface area (Å²) in [6, 6.07) is 10.7. The van der Waals surface area contributed by atoms with E-state index in [1.54, 1.807) is 0 Å². The van der Waals surface area contributed by atoms with E-state index in [0.717, 1.165) is 4.47 Å². The minimum atomic E-state index is 0.190. The molecule has 0 aliphatic heterocycles. The molecule has 1 aromatic heterocycles. The first-order valence-electron chi connectivity index (χ1n) is 5.55. The lowest BCUT2D eigenvalue weighted by Crippen LogP contribution is -2.17. The van der Waals surface area contributed by atoms with Gasteiger partial charge in [0.15, 0.2) is 0 Å². The van der Waals surface area contributed by atoms with Crippen LogP contribution in [0.2, 0.25) is 0 Å². The Kier molecular flexibility index (Phi) is 3.92. The van der Waals surface area contributed by atoms with Gasteiger partial charge in [0.05, 0.1) is 6.04 Å². The average molecular weight is 291 g/mol. The molecule has 17 heavy (non-hydrogen) atoms. The molecule has 0 aliphatic rings. The van der Waals surface area contributed by atoms with Crippen LogP contribution in [0.15, 0.2) is 47.2 Å². The molecular formula is C14H15BrN2. The summed E-state index contributed by atoms with van der Waals surface area (Å²) in [5, 5.41) is 3.33. The summed E-state index contributed by atoms with van der Waals surface area (Å²) < 4.78 is 1.10. The highest BCUT2D eigenvalue weighted by Gasteiger charge is 2.11. The molecule has 0 radical (unpaired) electrons. The van der Waals surface area contributed by atoms with Crippen LogP contribution < -0.4 is 5.32 Å². The van der Waals surface area contributed by atoms with Crippen molar-refractivity contribution in [2.24, 2.45) is 0 Å². The molecule has 2 rings (SSSR count). The minimum Gasteiger partial charge on any atom is -0.309 e. The molecule has 0 bridgehead atoms. The number of nitrogens with one attached hydrogen (secondary N) is 1. The second-order valence-corrected chi connectivity index (χ2v) is 4.98. The summed E-state index contributed by atoms with van der Waals surface area (Å²) in [6.45, 7) is 2.06. The van der Waals surface area contributed by atoms with E-state index in [0.29, 0.717) is 0 Å². The number of pyridine rings is 1. The standard InChI is InChI=1S/C14H15BrN2/c1-10-7-12(9-17-8-10)14(16-2)11-3-5-13(15)6-4-11/h3-9,14,16H,1-2H3. The summed E-state index contributed by atoms with van der Waals surface area (Å²) in [7, 11) is 1.97. The molecular weight excluding hydrogens is 276 g/mol. The Balaban J connectivity index is 2.36. The predicted octanol–water partition coefficient (Wildman–Crippen LogP) is 3.46. The summed E-state index contributed by atoms with van der Waals surface area (Å²) in [5.41, 5.74) is 3.61. The van der Waals surface area contributed by atoms with Crippen LogP contribution in [-0.4, -0.2) is 12.0 Å². The fourth-order valence-electron chi connectivity index (χ4n) is 1.92. The highest BCUT2D eigenvalue weighted by Crippen LogP contribution is 2.23. The van der Waals surface area contributed by atoms with E-state index >= 15 is 0 Å². The van der Waals surface area contributed by atoms with E-state index in [2.05, 4.69) is 63.5 Å². The number of halogens is 1. The molecule has 3 heteroatoms. The van der Waals surface area contributed by atoms with Gasteiger partial charge in [0.2, 0.25) is 0 Å². The lowest BCUT2D eigenvalue weighted by atomic mass is 9.99. The van der Waals surface area contributed by atoms with Crippen LogP contribution in [0.25, 0.3) is 0 Å². The maximum absolute atomic E-state index is 4.25. The molecule has 0 spiro atoms. The Morgan fingerprint density at radius 3 is 2.41 bits per heavy atom. The first-order valence-corrected chi connectivity index (χ1v) is 6.34. The summed E-state index contributed by atoms with van der Waals surface area (Å²) >= 11 is 3.45. The molecule has 2 aromatic rings. The van der Waals surface area contributed by atoms with E-state index in [-0.39, 0.29) is 6.04 Å². The third-order valence-corrected chi connectivity index (χ3v) is 3.25. The van der Waals surface area contributed by atoms with Crippen LogP contribution in [0, 0.1) is 6.92 Å². The fraction of sp³-hybridized carbons (Fsp3) is 0.214. The second kappa shape index (κ2) is 5.43. The lowest BCUT2D eigenvalue weighted by molar-refractivity contribution is 0.688. The van der Waals surface area contributed by atoms with Gasteiger partial charge in [0.25, 0.3) is 0 Å². The van der Waals surface area contributed by atoms with Crippen LogP contribution in [0.4, 0.5) is 0 Å². The molecule has 2 nitrogen and oxygen atoms in total. The van der Waals surface area contributed by atoms with Crippen molar-refractivity contribution in [1.82, 2.24) is 10.3 Å². The first-order chi connectivity index (χ1) is 8.20. The first kappa shape index (κ1) is 12.3. The van der Waals surface area contributed by atoms with E-state index in [4.69, 9.17) is 0 Å². The zero-order chi connectivity index (χ0) is 12.3. The molecule has 88 valence electrons.